The number of phenols is 1. The molecule has 116 valence electrons. The Kier molecular flexibility index (Phi) is 5.14. The molecule has 1 saturated heterocycles. The molecule has 0 aromatic heterocycles. The number of phenolic OH excluding ortho intramolecular Hbond substituents is 1. The van der Waals surface area contributed by atoms with Gasteiger partial charge in [0.2, 0.25) is 5.91 Å². The fourth-order valence-corrected chi connectivity index (χ4v) is 2.47. The van der Waals surface area contributed by atoms with Gasteiger partial charge >= 0.3 is 0 Å². The maximum atomic E-state index is 13.3. The number of hydrogen-bond donors (Lipinski definition) is 2. The number of rotatable bonds is 4. The molecule has 1 amide bonds. The fraction of sp³-hybridized carbons (Fsp3) is 0.533. The summed E-state index contributed by atoms with van der Waals surface area (Å²) < 4.78 is 18.5. The SMILES string of the molecule is CC(NC(C)c1cc(F)ccc1O)C(=O)N1CCOCC1. The van der Waals surface area contributed by atoms with Gasteiger partial charge in [-0.15, -0.1) is 0 Å². The van der Waals surface area contributed by atoms with Gasteiger partial charge < -0.3 is 14.7 Å². The first kappa shape index (κ1) is 15.7. The number of nitrogens with zero attached hydrogens (tertiary/aromatic N) is 1. The van der Waals surface area contributed by atoms with E-state index in [9.17, 15) is 14.3 Å². The van der Waals surface area contributed by atoms with Crippen LogP contribution in [0.4, 0.5) is 4.39 Å². The summed E-state index contributed by atoms with van der Waals surface area (Å²) in [6.45, 7) is 5.84. The van der Waals surface area contributed by atoms with Crippen molar-refractivity contribution in [1.82, 2.24) is 10.2 Å². The topological polar surface area (TPSA) is 61.8 Å². The Hall–Kier alpha value is -1.66. The first-order chi connectivity index (χ1) is 9.99. The van der Waals surface area contributed by atoms with E-state index in [4.69, 9.17) is 4.74 Å². The van der Waals surface area contributed by atoms with Gasteiger partial charge in [-0.25, -0.2) is 4.39 Å². The van der Waals surface area contributed by atoms with Gasteiger partial charge in [-0.1, -0.05) is 0 Å². The van der Waals surface area contributed by atoms with Crippen LogP contribution < -0.4 is 5.32 Å². The minimum absolute atomic E-state index is 0.0129. The van der Waals surface area contributed by atoms with E-state index < -0.39 is 11.9 Å². The van der Waals surface area contributed by atoms with Crippen LogP contribution in [0, 0.1) is 5.82 Å². The van der Waals surface area contributed by atoms with E-state index in [0.717, 1.165) is 0 Å². The Bertz CT molecular complexity index is 504. The maximum Gasteiger partial charge on any atom is 0.239 e. The summed E-state index contributed by atoms with van der Waals surface area (Å²) in [6.07, 6.45) is 0. The highest BCUT2D eigenvalue weighted by Crippen LogP contribution is 2.25. The van der Waals surface area contributed by atoms with E-state index in [1.54, 1.807) is 18.7 Å². The van der Waals surface area contributed by atoms with Gasteiger partial charge in [-0.05, 0) is 32.0 Å². The molecule has 6 heteroatoms. The second kappa shape index (κ2) is 6.87. The predicted molar refractivity (Wildman–Crippen MR) is 76.5 cm³/mol. The highest BCUT2D eigenvalue weighted by atomic mass is 19.1. The van der Waals surface area contributed by atoms with Gasteiger partial charge in [0.05, 0.1) is 19.3 Å². The molecule has 1 aromatic rings. The van der Waals surface area contributed by atoms with Crippen molar-refractivity contribution in [3.05, 3.63) is 29.6 Å². The number of carbonyl (C=O) groups is 1. The van der Waals surface area contributed by atoms with Crippen LogP contribution in [-0.2, 0) is 9.53 Å². The zero-order valence-electron chi connectivity index (χ0n) is 12.3. The Labute approximate surface area is 123 Å². The Morgan fingerprint density at radius 2 is 2.05 bits per heavy atom. The van der Waals surface area contributed by atoms with Crippen molar-refractivity contribution < 1.29 is 19.0 Å². The molecule has 1 heterocycles. The number of ether oxygens (including phenoxy) is 1. The molecule has 1 aromatic carbocycles. The van der Waals surface area contributed by atoms with Crippen LogP contribution in [0.1, 0.15) is 25.5 Å². The van der Waals surface area contributed by atoms with Crippen molar-refractivity contribution in [2.75, 3.05) is 26.3 Å². The highest BCUT2D eigenvalue weighted by Gasteiger charge is 2.24. The zero-order valence-corrected chi connectivity index (χ0v) is 12.3. The number of aromatic hydroxyl groups is 1. The average molecular weight is 296 g/mol. The Balaban J connectivity index is 1.99. The fourth-order valence-electron chi connectivity index (χ4n) is 2.47. The summed E-state index contributed by atoms with van der Waals surface area (Å²) in [5.74, 6) is -0.410. The van der Waals surface area contributed by atoms with Gasteiger partial charge in [0.1, 0.15) is 11.6 Å². The molecule has 0 saturated carbocycles. The van der Waals surface area contributed by atoms with Gasteiger partial charge in [-0.3, -0.25) is 10.1 Å². The molecular weight excluding hydrogens is 275 g/mol. The monoisotopic (exact) mass is 296 g/mol. The van der Waals surface area contributed by atoms with Gasteiger partial charge in [-0.2, -0.15) is 0 Å². The van der Waals surface area contributed by atoms with E-state index in [0.29, 0.717) is 31.9 Å². The molecule has 21 heavy (non-hydrogen) atoms. The van der Waals surface area contributed by atoms with Gasteiger partial charge in [0.15, 0.2) is 0 Å². The minimum Gasteiger partial charge on any atom is -0.508 e. The second-order valence-electron chi connectivity index (χ2n) is 5.25. The largest absolute Gasteiger partial charge is 0.508 e. The van der Waals surface area contributed by atoms with E-state index >= 15 is 0 Å². The predicted octanol–water partition coefficient (Wildman–Crippen LogP) is 1.43. The molecular formula is C15H21FN2O3. The van der Waals surface area contributed by atoms with Crippen LogP contribution in [-0.4, -0.2) is 48.3 Å². The van der Waals surface area contributed by atoms with Gasteiger partial charge in [0.25, 0.3) is 0 Å². The van der Waals surface area contributed by atoms with Crippen molar-refractivity contribution in [3.63, 3.8) is 0 Å². The summed E-state index contributed by atoms with van der Waals surface area (Å²) in [5, 5.41) is 12.9. The van der Waals surface area contributed by atoms with E-state index in [2.05, 4.69) is 5.32 Å². The second-order valence-corrected chi connectivity index (χ2v) is 5.25. The van der Waals surface area contributed by atoms with Crippen molar-refractivity contribution in [2.45, 2.75) is 25.9 Å². The highest BCUT2D eigenvalue weighted by molar-refractivity contribution is 5.81. The lowest BCUT2D eigenvalue weighted by atomic mass is 10.1. The minimum atomic E-state index is -0.416. The lowest BCUT2D eigenvalue weighted by molar-refractivity contribution is -0.137. The summed E-state index contributed by atoms with van der Waals surface area (Å²) in [6, 6.07) is 3.05. The number of nitrogens with one attached hydrogen (secondary N) is 1. The zero-order chi connectivity index (χ0) is 15.4. The van der Waals surface area contributed by atoms with Gasteiger partial charge in [0, 0.05) is 24.7 Å². The molecule has 0 radical (unpaired) electrons. The third kappa shape index (κ3) is 3.92. The molecule has 2 unspecified atom stereocenters. The van der Waals surface area contributed by atoms with Crippen LogP contribution in [0.3, 0.4) is 0 Å². The summed E-state index contributed by atoms with van der Waals surface area (Å²) in [4.78, 5) is 14.0. The normalized spacial score (nSPS) is 18.3. The molecule has 1 aliphatic rings. The summed E-state index contributed by atoms with van der Waals surface area (Å²) in [7, 11) is 0. The molecule has 2 rings (SSSR count). The number of halogens is 1. The van der Waals surface area contributed by atoms with Crippen LogP contribution in [0.25, 0.3) is 0 Å². The molecule has 2 N–H and O–H groups in total. The number of amides is 1. The number of carbonyl (C=O) groups excluding carboxylic acids is 1. The Morgan fingerprint density at radius 1 is 1.38 bits per heavy atom. The lowest BCUT2D eigenvalue weighted by Crippen LogP contribution is -2.49. The molecule has 2 atom stereocenters. The number of hydrogen-bond acceptors (Lipinski definition) is 4. The smallest absolute Gasteiger partial charge is 0.239 e. The standard InChI is InChI=1S/C15H21FN2O3/c1-10(13-9-12(16)3-4-14(13)19)17-11(2)15(20)18-5-7-21-8-6-18/h3-4,9-11,17,19H,5-8H2,1-2H3. The van der Waals surface area contributed by atoms with Crippen LogP contribution in [0.15, 0.2) is 18.2 Å². The quantitative estimate of drug-likeness (QED) is 0.882. The first-order valence-electron chi connectivity index (χ1n) is 7.10. The van der Waals surface area contributed by atoms with Crippen molar-refractivity contribution in [1.29, 1.82) is 0 Å². The molecule has 0 aliphatic carbocycles. The maximum absolute atomic E-state index is 13.3. The van der Waals surface area contributed by atoms with Crippen molar-refractivity contribution >= 4 is 5.91 Å². The van der Waals surface area contributed by atoms with Crippen LogP contribution in [0.2, 0.25) is 0 Å². The molecule has 0 bridgehead atoms. The first-order valence-corrected chi connectivity index (χ1v) is 7.10. The van der Waals surface area contributed by atoms with E-state index in [1.165, 1.54) is 18.2 Å². The number of morpholine rings is 1. The third-order valence-corrected chi connectivity index (χ3v) is 3.65. The molecule has 1 fully saturated rings. The Morgan fingerprint density at radius 3 is 2.71 bits per heavy atom. The lowest BCUT2D eigenvalue weighted by Gasteiger charge is -2.30. The van der Waals surface area contributed by atoms with E-state index in [-0.39, 0.29) is 17.7 Å². The van der Waals surface area contributed by atoms with E-state index in [1.807, 2.05) is 0 Å². The average Bonchev–Trinajstić information content (AvgIpc) is 2.49. The van der Waals surface area contributed by atoms with Crippen LogP contribution >= 0.6 is 0 Å². The molecule has 1 aliphatic heterocycles. The van der Waals surface area contributed by atoms with Crippen molar-refractivity contribution in [2.24, 2.45) is 0 Å². The number of benzene rings is 1. The summed E-state index contributed by atoms with van der Waals surface area (Å²) in [5.41, 5.74) is 0.441. The van der Waals surface area contributed by atoms with Crippen LogP contribution in [0.5, 0.6) is 5.75 Å². The molecule has 0 spiro atoms. The molecule has 5 nitrogen and oxygen atoms in total. The summed E-state index contributed by atoms with van der Waals surface area (Å²) >= 11 is 0. The van der Waals surface area contributed by atoms with Crippen molar-refractivity contribution in [3.8, 4) is 5.75 Å². The third-order valence-electron chi connectivity index (χ3n) is 3.65.